The van der Waals surface area contributed by atoms with Crippen LogP contribution in [0.1, 0.15) is 30.0 Å². The number of halogens is 1. The second-order valence-corrected chi connectivity index (χ2v) is 7.41. The molecule has 1 fully saturated rings. The summed E-state index contributed by atoms with van der Waals surface area (Å²) in [6.45, 7) is 2.42. The summed E-state index contributed by atoms with van der Waals surface area (Å²) >= 11 is 6.22. The number of urea groups is 1. The van der Waals surface area contributed by atoms with Crippen LogP contribution in [0.4, 0.5) is 4.79 Å². The maximum absolute atomic E-state index is 13.4. The van der Waals surface area contributed by atoms with E-state index >= 15 is 0 Å². The third-order valence-electron chi connectivity index (χ3n) is 5.37. The summed E-state index contributed by atoms with van der Waals surface area (Å²) in [7, 11) is 1.58. The van der Waals surface area contributed by atoms with Gasteiger partial charge >= 0.3 is 6.03 Å². The molecule has 2 aromatic rings. The maximum Gasteiger partial charge on any atom is 0.325 e. The number of benzene rings is 2. The van der Waals surface area contributed by atoms with Crippen molar-refractivity contribution in [2.75, 3.05) is 13.9 Å². The number of ether oxygens (including phenoxy) is 3. The van der Waals surface area contributed by atoms with E-state index in [0.29, 0.717) is 40.7 Å². The van der Waals surface area contributed by atoms with Crippen molar-refractivity contribution < 1.29 is 23.8 Å². The normalized spacial score (nSPS) is 20.9. The maximum atomic E-state index is 13.4. The fourth-order valence-electron chi connectivity index (χ4n) is 3.83. The Morgan fingerprint density at radius 2 is 2.00 bits per heavy atom. The lowest BCUT2D eigenvalue weighted by atomic mass is 9.87. The second kappa shape index (κ2) is 7.57. The minimum absolute atomic E-state index is 0.0610. The third-order valence-corrected chi connectivity index (χ3v) is 5.59. The van der Waals surface area contributed by atoms with Crippen molar-refractivity contribution in [1.29, 1.82) is 0 Å². The van der Waals surface area contributed by atoms with E-state index in [2.05, 4.69) is 5.32 Å². The molecule has 0 saturated carbocycles. The topological polar surface area (TPSA) is 77.1 Å². The molecule has 2 aliphatic heterocycles. The van der Waals surface area contributed by atoms with Crippen LogP contribution in [0.3, 0.4) is 0 Å². The number of fused-ring (bicyclic) bond motifs is 1. The zero-order chi connectivity index (χ0) is 20.6. The monoisotopic (exact) mass is 416 g/mol. The Morgan fingerprint density at radius 1 is 1.24 bits per heavy atom. The largest absolute Gasteiger partial charge is 0.497 e. The number of carbonyl (C=O) groups excluding carboxylic acids is 2. The van der Waals surface area contributed by atoms with E-state index in [4.69, 9.17) is 25.8 Å². The van der Waals surface area contributed by atoms with Crippen LogP contribution >= 0.6 is 11.6 Å². The lowest BCUT2D eigenvalue weighted by molar-refractivity contribution is -0.132. The highest BCUT2D eigenvalue weighted by Gasteiger charge is 2.51. The summed E-state index contributed by atoms with van der Waals surface area (Å²) < 4.78 is 16.1. The quantitative estimate of drug-likeness (QED) is 0.754. The molecule has 152 valence electrons. The van der Waals surface area contributed by atoms with E-state index in [9.17, 15) is 9.59 Å². The molecule has 3 amide bonds. The summed E-state index contributed by atoms with van der Waals surface area (Å²) in [6.07, 6.45) is 0.415. The van der Waals surface area contributed by atoms with Crippen LogP contribution in [0, 0.1) is 0 Å². The number of hydrogen-bond donors (Lipinski definition) is 1. The van der Waals surface area contributed by atoms with E-state index in [0.717, 1.165) is 5.56 Å². The molecule has 0 unspecified atom stereocenters. The SMILES string of the molecule is CC[C@@]1(c2ccc(OC)cc2)NC(=O)N(Cc2cc(Cl)cc3c2OCOC3)C1=O. The molecule has 8 heteroatoms. The van der Waals surface area contributed by atoms with Crippen molar-refractivity contribution in [1.82, 2.24) is 10.2 Å². The Morgan fingerprint density at radius 3 is 2.69 bits per heavy atom. The zero-order valence-corrected chi connectivity index (χ0v) is 16.9. The molecule has 0 aromatic heterocycles. The Hall–Kier alpha value is -2.77. The fourth-order valence-corrected chi connectivity index (χ4v) is 4.09. The van der Waals surface area contributed by atoms with Crippen LogP contribution < -0.4 is 14.8 Å². The third kappa shape index (κ3) is 3.30. The first kappa shape index (κ1) is 19.5. The molecule has 2 aliphatic rings. The van der Waals surface area contributed by atoms with Gasteiger partial charge in [0.2, 0.25) is 0 Å². The number of methoxy groups -OCH3 is 1. The zero-order valence-electron chi connectivity index (χ0n) is 16.2. The van der Waals surface area contributed by atoms with Crippen molar-refractivity contribution in [3.05, 3.63) is 58.1 Å². The van der Waals surface area contributed by atoms with Gasteiger partial charge in [-0.15, -0.1) is 0 Å². The predicted molar refractivity (Wildman–Crippen MR) is 106 cm³/mol. The van der Waals surface area contributed by atoms with Gasteiger partial charge in [-0.2, -0.15) is 0 Å². The highest BCUT2D eigenvalue weighted by molar-refractivity contribution is 6.30. The van der Waals surface area contributed by atoms with Crippen molar-refractivity contribution in [3.63, 3.8) is 0 Å². The lowest BCUT2D eigenvalue weighted by Crippen LogP contribution is -2.43. The average molecular weight is 417 g/mol. The lowest BCUT2D eigenvalue weighted by Gasteiger charge is -2.26. The van der Waals surface area contributed by atoms with Crippen molar-refractivity contribution >= 4 is 23.5 Å². The summed E-state index contributed by atoms with van der Waals surface area (Å²) in [5, 5.41) is 3.38. The standard InChI is InChI=1S/C21H21ClN2O5/c1-3-21(15-4-6-17(27-2)7-5-15)19(25)24(20(26)23-21)10-13-8-16(22)9-14-11-28-12-29-18(13)14/h4-9H,3,10-12H2,1-2H3,(H,23,26)/t21-/m0/s1. The summed E-state index contributed by atoms with van der Waals surface area (Å²) in [6, 6.07) is 10.2. The number of amides is 3. The molecule has 2 heterocycles. The van der Waals surface area contributed by atoms with Gasteiger partial charge in [0.05, 0.1) is 20.3 Å². The first-order valence-corrected chi connectivity index (χ1v) is 9.66. The van der Waals surface area contributed by atoms with Gasteiger partial charge < -0.3 is 19.5 Å². The van der Waals surface area contributed by atoms with Crippen LogP contribution in [0.15, 0.2) is 36.4 Å². The van der Waals surface area contributed by atoms with Crippen molar-refractivity contribution in [3.8, 4) is 11.5 Å². The molecular weight excluding hydrogens is 396 g/mol. The van der Waals surface area contributed by atoms with Gasteiger partial charge in [0.1, 0.15) is 17.0 Å². The van der Waals surface area contributed by atoms with Crippen LogP contribution in [0.2, 0.25) is 5.02 Å². The molecule has 0 aliphatic carbocycles. The van der Waals surface area contributed by atoms with Gasteiger partial charge in [0.15, 0.2) is 6.79 Å². The Labute approximate surface area is 173 Å². The first-order chi connectivity index (χ1) is 14.0. The van der Waals surface area contributed by atoms with Crippen molar-refractivity contribution in [2.45, 2.75) is 32.0 Å². The van der Waals surface area contributed by atoms with Gasteiger partial charge in [0.25, 0.3) is 5.91 Å². The Bertz CT molecular complexity index is 962. The van der Waals surface area contributed by atoms with Crippen LogP contribution in [0.25, 0.3) is 0 Å². The highest BCUT2D eigenvalue weighted by Crippen LogP contribution is 2.37. The van der Waals surface area contributed by atoms with Crippen molar-refractivity contribution in [2.24, 2.45) is 0 Å². The van der Waals surface area contributed by atoms with Gasteiger partial charge in [0, 0.05) is 16.1 Å². The molecule has 4 rings (SSSR count). The molecule has 0 spiro atoms. The van der Waals surface area contributed by atoms with Gasteiger partial charge in [-0.3, -0.25) is 9.69 Å². The van der Waals surface area contributed by atoms with E-state index in [1.165, 1.54) is 4.90 Å². The number of carbonyl (C=O) groups is 2. The predicted octanol–water partition coefficient (Wildman–Crippen LogP) is 3.57. The number of imide groups is 1. The molecule has 1 atom stereocenters. The number of hydrogen-bond acceptors (Lipinski definition) is 5. The summed E-state index contributed by atoms with van der Waals surface area (Å²) in [5.41, 5.74) is 1.05. The van der Waals surface area contributed by atoms with Gasteiger partial charge in [-0.05, 0) is 36.2 Å². The Balaban J connectivity index is 1.67. The van der Waals surface area contributed by atoms with E-state index in [1.54, 1.807) is 43.5 Å². The molecule has 1 N–H and O–H groups in total. The smallest absolute Gasteiger partial charge is 0.325 e. The van der Waals surface area contributed by atoms with E-state index in [-0.39, 0.29) is 19.2 Å². The van der Waals surface area contributed by atoms with E-state index in [1.807, 2.05) is 6.92 Å². The van der Waals surface area contributed by atoms with Crippen LogP contribution in [0.5, 0.6) is 11.5 Å². The summed E-state index contributed by atoms with van der Waals surface area (Å²) in [5.74, 6) is 0.981. The number of nitrogens with one attached hydrogen (secondary N) is 1. The first-order valence-electron chi connectivity index (χ1n) is 9.29. The average Bonchev–Trinajstić information content (AvgIpc) is 2.98. The molecular formula is C21H21ClN2O5. The highest BCUT2D eigenvalue weighted by atomic mass is 35.5. The van der Waals surface area contributed by atoms with Crippen LogP contribution in [-0.2, 0) is 28.2 Å². The molecule has 29 heavy (non-hydrogen) atoms. The fraction of sp³-hybridized carbons (Fsp3) is 0.333. The minimum atomic E-state index is -1.12. The van der Waals surface area contributed by atoms with Gasteiger partial charge in [-0.1, -0.05) is 30.7 Å². The minimum Gasteiger partial charge on any atom is -0.497 e. The number of rotatable bonds is 5. The molecule has 1 saturated heterocycles. The van der Waals surface area contributed by atoms with Gasteiger partial charge in [-0.25, -0.2) is 4.79 Å². The molecule has 2 aromatic carbocycles. The summed E-state index contributed by atoms with van der Waals surface area (Å²) in [4.78, 5) is 27.4. The molecule has 7 nitrogen and oxygen atoms in total. The molecule has 0 radical (unpaired) electrons. The van der Waals surface area contributed by atoms with Crippen LogP contribution in [-0.4, -0.2) is 30.7 Å². The Kier molecular flexibility index (Phi) is 5.10. The second-order valence-electron chi connectivity index (χ2n) is 6.97. The molecule has 0 bridgehead atoms. The number of nitrogens with zero attached hydrogens (tertiary/aromatic N) is 1. The van der Waals surface area contributed by atoms with E-state index < -0.39 is 11.6 Å².